The van der Waals surface area contributed by atoms with Gasteiger partial charge in [-0.2, -0.15) is 0 Å². The highest BCUT2D eigenvalue weighted by Gasteiger charge is 2.49. The minimum atomic E-state index is -0.348. The Balaban J connectivity index is 2.58. The molecule has 0 aliphatic heterocycles. The van der Waals surface area contributed by atoms with Gasteiger partial charge < -0.3 is 5.11 Å². The van der Waals surface area contributed by atoms with Crippen molar-refractivity contribution in [2.75, 3.05) is 0 Å². The maximum atomic E-state index is 9.93. The third-order valence-corrected chi connectivity index (χ3v) is 3.29. The van der Waals surface area contributed by atoms with Gasteiger partial charge in [0.25, 0.3) is 0 Å². The molecular formula is C9H18O. The molecular weight excluding hydrogens is 124 g/mol. The number of aliphatic hydroxyl groups is 1. The summed E-state index contributed by atoms with van der Waals surface area (Å²) in [7, 11) is 0. The van der Waals surface area contributed by atoms with Crippen molar-refractivity contribution in [3.05, 3.63) is 0 Å². The van der Waals surface area contributed by atoms with Crippen LogP contribution in [-0.4, -0.2) is 10.7 Å². The molecule has 1 nitrogen and oxygen atoms in total. The van der Waals surface area contributed by atoms with Gasteiger partial charge in [-0.1, -0.05) is 27.7 Å². The summed E-state index contributed by atoms with van der Waals surface area (Å²) in [5.41, 5.74) is -0.348. The lowest BCUT2D eigenvalue weighted by atomic mass is 9.58. The zero-order valence-electron chi connectivity index (χ0n) is 7.39. The quantitative estimate of drug-likeness (QED) is 0.594. The molecule has 0 spiro atoms. The van der Waals surface area contributed by atoms with E-state index in [0.717, 1.165) is 6.42 Å². The second-order valence-electron chi connectivity index (χ2n) is 4.12. The molecule has 0 bridgehead atoms. The molecule has 0 saturated heterocycles. The molecule has 1 saturated carbocycles. The second kappa shape index (κ2) is 2.23. The summed E-state index contributed by atoms with van der Waals surface area (Å²) in [5, 5.41) is 9.93. The summed E-state index contributed by atoms with van der Waals surface area (Å²) >= 11 is 0. The van der Waals surface area contributed by atoms with Gasteiger partial charge in [-0.15, -0.1) is 0 Å². The third kappa shape index (κ3) is 0.878. The molecule has 3 unspecified atom stereocenters. The van der Waals surface area contributed by atoms with Gasteiger partial charge in [0.15, 0.2) is 0 Å². The summed E-state index contributed by atoms with van der Waals surface area (Å²) in [4.78, 5) is 0. The summed E-state index contributed by atoms with van der Waals surface area (Å²) in [5.74, 6) is 1.62. The normalized spacial score (nSPS) is 47.4. The highest BCUT2D eigenvalue weighted by Crippen LogP contribution is 2.47. The van der Waals surface area contributed by atoms with Crippen molar-refractivity contribution in [3.63, 3.8) is 0 Å². The van der Waals surface area contributed by atoms with Crippen LogP contribution in [0.4, 0.5) is 0 Å². The van der Waals surface area contributed by atoms with Gasteiger partial charge >= 0.3 is 0 Å². The van der Waals surface area contributed by atoms with Crippen molar-refractivity contribution in [3.8, 4) is 0 Å². The van der Waals surface area contributed by atoms with Crippen molar-refractivity contribution in [1.82, 2.24) is 0 Å². The van der Waals surface area contributed by atoms with Crippen molar-refractivity contribution in [2.45, 2.75) is 39.7 Å². The van der Waals surface area contributed by atoms with Gasteiger partial charge in [0.2, 0.25) is 0 Å². The number of hydrogen-bond acceptors (Lipinski definition) is 1. The molecule has 3 atom stereocenters. The Labute approximate surface area is 63.4 Å². The first kappa shape index (κ1) is 8.06. The smallest absolute Gasteiger partial charge is 0.0701 e. The fourth-order valence-corrected chi connectivity index (χ4v) is 1.97. The van der Waals surface area contributed by atoms with E-state index in [-0.39, 0.29) is 5.60 Å². The van der Waals surface area contributed by atoms with Gasteiger partial charge in [0.1, 0.15) is 0 Å². The fourth-order valence-electron chi connectivity index (χ4n) is 1.97. The van der Waals surface area contributed by atoms with Crippen LogP contribution >= 0.6 is 0 Å². The van der Waals surface area contributed by atoms with E-state index in [9.17, 15) is 5.11 Å². The largest absolute Gasteiger partial charge is 0.389 e. The molecule has 0 heterocycles. The molecule has 1 fully saturated rings. The molecule has 1 aliphatic rings. The molecule has 1 N–H and O–H groups in total. The minimum Gasteiger partial charge on any atom is -0.389 e. The first-order chi connectivity index (χ1) is 4.48. The molecule has 10 heavy (non-hydrogen) atoms. The Bertz CT molecular complexity index is 131. The molecule has 1 aliphatic carbocycles. The highest BCUT2D eigenvalue weighted by atomic mass is 16.3. The highest BCUT2D eigenvalue weighted by molar-refractivity contribution is 4.99. The summed E-state index contributed by atoms with van der Waals surface area (Å²) in [6.45, 7) is 8.56. The van der Waals surface area contributed by atoms with Crippen LogP contribution < -0.4 is 0 Å². The maximum Gasteiger partial charge on any atom is 0.0701 e. The SMILES string of the molecule is CC1CC(O)(C(C)C)C1C. The van der Waals surface area contributed by atoms with Crippen LogP contribution in [0.2, 0.25) is 0 Å². The number of hydrogen-bond donors (Lipinski definition) is 1. The van der Waals surface area contributed by atoms with Crippen LogP contribution in [-0.2, 0) is 0 Å². The van der Waals surface area contributed by atoms with Gasteiger partial charge in [0.05, 0.1) is 5.60 Å². The van der Waals surface area contributed by atoms with Gasteiger partial charge in [-0.25, -0.2) is 0 Å². The lowest BCUT2D eigenvalue weighted by Crippen LogP contribution is -2.55. The lowest BCUT2D eigenvalue weighted by Gasteiger charge is -2.51. The van der Waals surface area contributed by atoms with E-state index in [1.165, 1.54) is 0 Å². The Morgan fingerprint density at radius 1 is 1.40 bits per heavy atom. The predicted octanol–water partition coefficient (Wildman–Crippen LogP) is 2.05. The summed E-state index contributed by atoms with van der Waals surface area (Å²) < 4.78 is 0. The monoisotopic (exact) mass is 142 g/mol. The van der Waals surface area contributed by atoms with E-state index >= 15 is 0 Å². The van der Waals surface area contributed by atoms with Crippen molar-refractivity contribution in [1.29, 1.82) is 0 Å². The second-order valence-corrected chi connectivity index (χ2v) is 4.12. The first-order valence-corrected chi connectivity index (χ1v) is 4.21. The summed E-state index contributed by atoms with van der Waals surface area (Å²) in [6.07, 6.45) is 0.992. The molecule has 1 heteroatoms. The molecule has 0 aromatic rings. The van der Waals surface area contributed by atoms with Crippen LogP contribution in [0.15, 0.2) is 0 Å². The Kier molecular flexibility index (Phi) is 1.80. The van der Waals surface area contributed by atoms with E-state index in [1.54, 1.807) is 0 Å². The van der Waals surface area contributed by atoms with Crippen LogP contribution in [0.3, 0.4) is 0 Å². The first-order valence-electron chi connectivity index (χ1n) is 4.21. The van der Waals surface area contributed by atoms with Crippen molar-refractivity contribution < 1.29 is 5.11 Å². The van der Waals surface area contributed by atoms with Crippen LogP contribution in [0, 0.1) is 17.8 Å². The standard InChI is InChI=1S/C9H18O/c1-6(2)9(10)5-7(3)8(9)4/h6-8,10H,5H2,1-4H3. The average molecular weight is 142 g/mol. The minimum absolute atomic E-state index is 0.348. The predicted molar refractivity (Wildman–Crippen MR) is 42.7 cm³/mol. The third-order valence-electron chi connectivity index (χ3n) is 3.29. The molecule has 60 valence electrons. The van der Waals surface area contributed by atoms with Crippen LogP contribution in [0.25, 0.3) is 0 Å². The van der Waals surface area contributed by atoms with Crippen molar-refractivity contribution in [2.24, 2.45) is 17.8 Å². The van der Waals surface area contributed by atoms with E-state index < -0.39 is 0 Å². The zero-order chi connectivity index (χ0) is 7.94. The van der Waals surface area contributed by atoms with E-state index in [1.807, 2.05) is 0 Å². The molecule has 0 aromatic heterocycles. The molecule has 0 aromatic carbocycles. The van der Waals surface area contributed by atoms with Crippen LogP contribution in [0.1, 0.15) is 34.1 Å². The van der Waals surface area contributed by atoms with E-state index in [2.05, 4.69) is 27.7 Å². The zero-order valence-corrected chi connectivity index (χ0v) is 7.39. The van der Waals surface area contributed by atoms with Gasteiger partial charge in [-0.05, 0) is 24.2 Å². The molecule has 1 rings (SSSR count). The van der Waals surface area contributed by atoms with E-state index in [4.69, 9.17) is 0 Å². The average Bonchev–Trinajstić information content (AvgIpc) is 1.87. The maximum absolute atomic E-state index is 9.93. The Morgan fingerprint density at radius 3 is 2.00 bits per heavy atom. The molecule has 0 amide bonds. The van der Waals surface area contributed by atoms with Crippen molar-refractivity contribution >= 4 is 0 Å². The van der Waals surface area contributed by atoms with Gasteiger partial charge in [0, 0.05) is 0 Å². The van der Waals surface area contributed by atoms with Crippen LogP contribution in [0.5, 0.6) is 0 Å². The topological polar surface area (TPSA) is 20.2 Å². The lowest BCUT2D eigenvalue weighted by molar-refractivity contribution is -0.155. The number of rotatable bonds is 1. The fraction of sp³-hybridized carbons (Fsp3) is 1.00. The Hall–Kier alpha value is -0.0400. The van der Waals surface area contributed by atoms with E-state index in [0.29, 0.717) is 17.8 Å². The Morgan fingerprint density at radius 2 is 1.90 bits per heavy atom. The summed E-state index contributed by atoms with van der Waals surface area (Å²) in [6, 6.07) is 0. The van der Waals surface area contributed by atoms with Gasteiger partial charge in [-0.3, -0.25) is 0 Å². The molecule has 0 radical (unpaired) electrons.